The fourth-order valence-corrected chi connectivity index (χ4v) is 1.54. The second kappa shape index (κ2) is 8.08. The van der Waals surface area contributed by atoms with Crippen molar-refractivity contribution in [2.45, 2.75) is 0 Å². The van der Waals surface area contributed by atoms with Crippen molar-refractivity contribution in [3.05, 3.63) is 62.8 Å². The smallest absolute Gasteiger partial charge is 0.342 e. The van der Waals surface area contributed by atoms with Gasteiger partial charge >= 0.3 is 5.69 Å². The van der Waals surface area contributed by atoms with E-state index in [1.807, 2.05) is 46.5 Å². The molecule has 1 aromatic carbocycles. The summed E-state index contributed by atoms with van der Waals surface area (Å²) in [6.45, 7) is -0.220. The minimum absolute atomic E-state index is 0.160. The van der Waals surface area contributed by atoms with Crippen LogP contribution in [0, 0.1) is 0 Å². The van der Waals surface area contributed by atoms with Crippen molar-refractivity contribution in [1.82, 2.24) is 20.6 Å². The van der Waals surface area contributed by atoms with Crippen LogP contribution in [0.4, 0.5) is 5.82 Å². The first kappa shape index (κ1) is 15.9. The summed E-state index contributed by atoms with van der Waals surface area (Å²) >= 11 is 0. The van der Waals surface area contributed by atoms with Crippen LogP contribution >= 0.6 is 0 Å². The first-order valence-corrected chi connectivity index (χ1v) is 6.61. The summed E-state index contributed by atoms with van der Waals surface area (Å²) in [6, 6.07) is 9.61. The van der Waals surface area contributed by atoms with Gasteiger partial charge in [0.25, 0.3) is 11.5 Å². The first-order chi connectivity index (χ1) is 11.1. The number of hydrazone groups is 1. The number of amides is 1. The number of carbonyl (C=O) groups is 1. The Morgan fingerprint density at radius 1 is 1.26 bits per heavy atom. The summed E-state index contributed by atoms with van der Waals surface area (Å²) in [5.41, 5.74) is 1.85. The SMILES string of the molecule is O=C(CNc1n[nH]c(=O)[nH]c1=O)N/N=C\C=C\c1ccccc1. The largest absolute Gasteiger partial charge is 0.355 e. The average Bonchev–Trinajstić information content (AvgIpc) is 2.54. The Kier molecular flexibility index (Phi) is 5.58. The lowest BCUT2D eigenvalue weighted by Crippen LogP contribution is -2.31. The van der Waals surface area contributed by atoms with Gasteiger partial charge in [-0.25, -0.2) is 15.3 Å². The number of rotatable bonds is 6. The number of carbonyl (C=O) groups excluding carboxylic acids is 1. The molecule has 0 bridgehead atoms. The van der Waals surface area contributed by atoms with Gasteiger partial charge < -0.3 is 5.32 Å². The molecule has 1 heterocycles. The maximum atomic E-state index is 11.5. The lowest BCUT2D eigenvalue weighted by Gasteiger charge is -2.01. The average molecular weight is 314 g/mol. The minimum atomic E-state index is -0.722. The molecule has 0 atom stereocenters. The molecule has 4 N–H and O–H groups in total. The lowest BCUT2D eigenvalue weighted by atomic mass is 10.2. The van der Waals surface area contributed by atoms with Gasteiger partial charge in [0, 0.05) is 6.21 Å². The van der Waals surface area contributed by atoms with E-state index in [0.717, 1.165) is 5.56 Å². The van der Waals surface area contributed by atoms with Crippen LogP contribution in [-0.4, -0.2) is 33.8 Å². The number of nitrogens with one attached hydrogen (secondary N) is 4. The highest BCUT2D eigenvalue weighted by Crippen LogP contribution is 1.99. The molecular formula is C14H14N6O3. The van der Waals surface area contributed by atoms with Crippen molar-refractivity contribution >= 4 is 24.0 Å². The molecule has 0 aliphatic rings. The van der Waals surface area contributed by atoms with E-state index in [4.69, 9.17) is 0 Å². The predicted molar refractivity (Wildman–Crippen MR) is 86.1 cm³/mol. The summed E-state index contributed by atoms with van der Waals surface area (Å²) in [4.78, 5) is 35.6. The molecule has 2 aromatic rings. The van der Waals surface area contributed by atoms with E-state index in [-0.39, 0.29) is 12.4 Å². The number of aromatic amines is 2. The van der Waals surface area contributed by atoms with Crippen LogP contribution in [0.5, 0.6) is 0 Å². The number of allylic oxidation sites excluding steroid dienone is 1. The Balaban J connectivity index is 1.77. The zero-order valence-corrected chi connectivity index (χ0v) is 11.9. The maximum Gasteiger partial charge on any atom is 0.342 e. The maximum absolute atomic E-state index is 11.5. The van der Waals surface area contributed by atoms with Crippen LogP contribution in [0.3, 0.4) is 0 Å². The molecule has 1 aromatic heterocycles. The number of H-pyrrole nitrogens is 2. The van der Waals surface area contributed by atoms with Crippen LogP contribution in [-0.2, 0) is 4.79 Å². The van der Waals surface area contributed by atoms with Gasteiger partial charge in [0.2, 0.25) is 5.82 Å². The quantitative estimate of drug-likeness (QED) is 0.429. The van der Waals surface area contributed by atoms with Crippen LogP contribution in [0.25, 0.3) is 6.08 Å². The van der Waals surface area contributed by atoms with E-state index < -0.39 is 17.2 Å². The summed E-state index contributed by atoms with van der Waals surface area (Å²) in [6.07, 6.45) is 4.94. The molecule has 0 aliphatic heterocycles. The highest BCUT2D eigenvalue weighted by Gasteiger charge is 2.04. The Labute approximate surface area is 130 Å². The van der Waals surface area contributed by atoms with Gasteiger partial charge in [0.15, 0.2) is 0 Å². The van der Waals surface area contributed by atoms with Crippen molar-refractivity contribution in [2.75, 3.05) is 11.9 Å². The second-order valence-electron chi connectivity index (χ2n) is 4.29. The van der Waals surface area contributed by atoms with Crippen LogP contribution in [0.2, 0.25) is 0 Å². The fraction of sp³-hybridized carbons (Fsp3) is 0.0714. The van der Waals surface area contributed by atoms with Gasteiger partial charge in [-0.05, 0) is 11.6 Å². The number of anilines is 1. The minimum Gasteiger partial charge on any atom is -0.355 e. The van der Waals surface area contributed by atoms with Crippen molar-refractivity contribution in [3.8, 4) is 0 Å². The summed E-state index contributed by atoms with van der Waals surface area (Å²) in [7, 11) is 0. The van der Waals surface area contributed by atoms with Crippen molar-refractivity contribution < 1.29 is 4.79 Å². The molecule has 9 nitrogen and oxygen atoms in total. The molecule has 118 valence electrons. The number of hydrogen-bond acceptors (Lipinski definition) is 6. The molecule has 0 aliphatic carbocycles. The summed E-state index contributed by atoms with van der Waals surface area (Å²) < 4.78 is 0. The predicted octanol–water partition coefficient (Wildman–Crippen LogP) is -0.314. The fourth-order valence-electron chi connectivity index (χ4n) is 1.54. The molecular weight excluding hydrogens is 300 g/mol. The van der Waals surface area contributed by atoms with Gasteiger partial charge in [0.05, 0.1) is 6.54 Å². The highest BCUT2D eigenvalue weighted by molar-refractivity contribution is 5.83. The number of benzene rings is 1. The highest BCUT2D eigenvalue weighted by atomic mass is 16.2. The van der Waals surface area contributed by atoms with E-state index in [1.165, 1.54) is 6.21 Å². The topological polar surface area (TPSA) is 132 Å². The van der Waals surface area contributed by atoms with Crippen LogP contribution < -0.4 is 22.0 Å². The van der Waals surface area contributed by atoms with E-state index in [2.05, 4.69) is 20.9 Å². The number of nitrogens with zero attached hydrogens (tertiary/aromatic N) is 2. The first-order valence-electron chi connectivity index (χ1n) is 6.61. The van der Waals surface area contributed by atoms with Crippen molar-refractivity contribution in [3.63, 3.8) is 0 Å². The monoisotopic (exact) mass is 314 g/mol. The Bertz CT molecular complexity index is 822. The molecule has 1 amide bonds. The number of hydrogen-bond donors (Lipinski definition) is 4. The third kappa shape index (κ3) is 5.42. The zero-order valence-electron chi connectivity index (χ0n) is 11.9. The van der Waals surface area contributed by atoms with Crippen LogP contribution in [0.1, 0.15) is 5.56 Å². The molecule has 0 radical (unpaired) electrons. The van der Waals surface area contributed by atoms with Crippen LogP contribution in [0.15, 0.2) is 51.1 Å². The van der Waals surface area contributed by atoms with E-state index in [9.17, 15) is 14.4 Å². The Hall–Kier alpha value is -3.49. The Morgan fingerprint density at radius 3 is 2.78 bits per heavy atom. The molecule has 0 unspecified atom stereocenters. The Morgan fingerprint density at radius 2 is 2.04 bits per heavy atom. The molecule has 9 heteroatoms. The molecule has 2 rings (SSSR count). The molecule has 0 saturated heterocycles. The van der Waals surface area contributed by atoms with Gasteiger partial charge in [-0.3, -0.25) is 14.6 Å². The standard InChI is InChI=1S/C14H14N6O3/c21-11(9-15-12-13(22)17-14(23)20-19-12)18-16-8-4-7-10-5-2-1-3-6-10/h1-8H,9H2,(H,15,19)(H,18,21)(H2,17,20,22,23)/b7-4+,16-8-. The second-order valence-corrected chi connectivity index (χ2v) is 4.29. The lowest BCUT2D eigenvalue weighted by molar-refractivity contribution is -0.119. The van der Waals surface area contributed by atoms with E-state index >= 15 is 0 Å². The van der Waals surface area contributed by atoms with Gasteiger partial charge in [0.1, 0.15) is 0 Å². The third-order valence-electron chi connectivity index (χ3n) is 2.57. The van der Waals surface area contributed by atoms with E-state index in [1.54, 1.807) is 6.08 Å². The van der Waals surface area contributed by atoms with Crippen molar-refractivity contribution in [2.24, 2.45) is 5.10 Å². The normalized spacial score (nSPS) is 11.0. The zero-order chi connectivity index (χ0) is 16.5. The van der Waals surface area contributed by atoms with Gasteiger partial charge in [-0.2, -0.15) is 5.10 Å². The van der Waals surface area contributed by atoms with Gasteiger partial charge in [-0.1, -0.05) is 36.4 Å². The van der Waals surface area contributed by atoms with E-state index in [0.29, 0.717) is 0 Å². The summed E-state index contributed by atoms with van der Waals surface area (Å²) in [5, 5.41) is 11.7. The molecule has 0 spiro atoms. The molecule has 0 saturated carbocycles. The van der Waals surface area contributed by atoms with Crippen molar-refractivity contribution in [1.29, 1.82) is 0 Å². The molecule has 0 fully saturated rings. The number of aromatic nitrogens is 3. The van der Waals surface area contributed by atoms with Gasteiger partial charge in [-0.15, -0.1) is 5.10 Å². The molecule has 23 heavy (non-hydrogen) atoms. The summed E-state index contributed by atoms with van der Waals surface area (Å²) in [5.74, 6) is -0.630. The third-order valence-corrected chi connectivity index (χ3v) is 2.57.